The van der Waals surface area contributed by atoms with Crippen molar-refractivity contribution in [2.75, 3.05) is 0 Å². The van der Waals surface area contributed by atoms with Crippen molar-refractivity contribution in [1.29, 1.82) is 5.26 Å². The lowest BCUT2D eigenvalue weighted by Gasteiger charge is -1.88. The van der Waals surface area contributed by atoms with E-state index in [4.69, 9.17) is 5.26 Å². The Kier molecular flexibility index (Phi) is 7.60. The second-order valence-electron chi connectivity index (χ2n) is 2.28. The first kappa shape index (κ1) is 9.23. The van der Waals surface area contributed by atoms with Crippen LogP contribution in [0.5, 0.6) is 0 Å². The maximum atomic E-state index is 8.20. The summed E-state index contributed by atoms with van der Waals surface area (Å²) < 4.78 is 0. The van der Waals surface area contributed by atoms with Crippen LogP contribution in [0.25, 0.3) is 0 Å². The van der Waals surface area contributed by atoms with Gasteiger partial charge in [-0.1, -0.05) is 19.1 Å². The molecule has 0 aromatic carbocycles. The molecule has 0 saturated carbocycles. The summed E-state index contributed by atoms with van der Waals surface area (Å²) in [6.07, 6.45) is 9.53. The predicted octanol–water partition coefficient (Wildman–Crippen LogP) is 3.04. The lowest BCUT2D eigenvalue weighted by molar-refractivity contribution is 0.766. The second kappa shape index (κ2) is 8.23. The van der Waals surface area contributed by atoms with Crippen LogP contribution in [0.1, 0.15) is 39.0 Å². The van der Waals surface area contributed by atoms with Crippen LogP contribution in [0.15, 0.2) is 12.2 Å². The summed E-state index contributed by atoms with van der Waals surface area (Å²) in [5.74, 6) is 0. The number of unbranched alkanes of at least 4 members (excludes halogenated alkanes) is 3. The Labute approximate surface area is 63.4 Å². The van der Waals surface area contributed by atoms with E-state index in [1.54, 1.807) is 0 Å². The number of nitrogens with zero attached hydrogens (tertiary/aromatic N) is 1. The number of allylic oxidation sites excluding steroid dienone is 2. The number of nitriles is 1. The highest BCUT2D eigenvalue weighted by molar-refractivity contribution is 4.80. The summed E-state index contributed by atoms with van der Waals surface area (Å²) in [6, 6.07) is 2.13. The van der Waals surface area contributed by atoms with E-state index in [-0.39, 0.29) is 0 Å². The number of hydrogen-bond acceptors (Lipinski definition) is 1. The molecule has 0 aromatic rings. The molecule has 0 rings (SSSR count). The van der Waals surface area contributed by atoms with Crippen LogP contribution in [0, 0.1) is 11.3 Å². The Morgan fingerprint density at radius 1 is 1.30 bits per heavy atom. The second-order valence-corrected chi connectivity index (χ2v) is 2.28. The summed E-state index contributed by atoms with van der Waals surface area (Å²) in [6.45, 7) is 2.13. The summed E-state index contributed by atoms with van der Waals surface area (Å²) in [5, 5.41) is 8.20. The fourth-order valence-electron chi connectivity index (χ4n) is 0.751. The molecule has 0 fully saturated rings. The maximum Gasteiger partial charge on any atom is 0.0621 e. The van der Waals surface area contributed by atoms with E-state index in [9.17, 15) is 0 Å². The van der Waals surface area contributed by atoms with Gasteiger partial charge in [0, 0.05) is 6.42 Å². The third-order valence-electron chi connectivity index (χ3n) is 1.31. The van der Waals surface area contributed by atoms with E-state index < -0.39 is 0 Å². The molecule has 1 heteroatoms. The zero-order valence-electron chi connectivity index (χ0n) is 6.64. The molecule has 0 unspecified atom stereocenters. The molecule has 56 valence electrons. The average Bonchev–Trinajstić information content (AvgIpc) is 1.97. The first-order valence-corrected chi connectivity index (χ1v) is 3.93. The van der Waals surface area contributed by atoms with Gasteiger partial charge in [0.15, 0.2) is 0 Å². The van der Waals surface area contributed by atoms with Crippen molar-refractivity contribution >= 4 is 0 Å². The molecule has 0 aliphatic rings. The molecule has 0 spiro atoms. The van der Waals surface area contributed by atoms with Gasteiger partial charge in [0.25, 0.3) is 0 Å². The van der Waals surface area contributed by atoms with Gasteiger partial charge in [-0.25, -0.2) is 0 Å². The first-order valence-electron chi connectivity index (χ1n) is 3.93. The van der Waals surface area contributed by atoms with E-state index in [1.807, 2.05) is 0 Å². The average molecular weight is 137 g/mol. The minimum Gasteiger partial charge on any atom is -0.198 e. The molecule has 0 saturated heterocycles. The number of hydrogen-bond donors (Lipinski definition) is 0. The lowest BCUT2D eigenvalue weighted by Crippen LogP contribution is -1.71. The van der Waals surface area contributed by atoms with Gasteiger partial charge in [0.2, 0.25) is 0 Å². The zero-order valence-corrected chi connectivity index (χ0v) is 6.64. The topological polar surface area (TPSA) is 23.8 Å². The van der Waals surface area contributed by atoms with Crippen molar-refractivity contribution in [2.24, 2.45) is 0 Å². The smallest absolute Gasteiger partial charge is 0.0621 e. The van der Waals surface area contributed by atoms with Crippen LogP contribution in [-0.4, -0.2) is 0 Å². The third kappa shape index (κ3) is 7.23. The molecule has 10 heavy (non-hydrogen) atoms. The summed E-state index contributed by atoms with van der Waals surface area (Å²) in [5.41, 5.74) is 0. The van der Waals surface area contributed by atoms with E-state index in [0.29, 0.717) is 6.42 Å². The zero-order chi connectivity index (χ0) is 7.66. The number of rotatable bonds is 5. The summed E-state index contributed by atoms with van der Waals surface area (Å²) in [4.78, 5) is 0. The van der Waals surface area contributed by atoms with E-state index in [0.717, 1.165) is 25.7 Å². The molecule has 0 heterocycles. The monoisotopic (exact) mass is 137 g/mol. The predicted molar refractivity (Wildman–Crippen MR) is 43.5 cm³/mol. The molecule has 0 amide bonds. The molecular weight excluding hydrogens is 122 g/mol. The van der Waals surface area contributed by atoms with Crippen LogP contribution >= 0.6 is 0 Å². The molecule has 0 atom stereocenters. The van der Waals surface area contributed by atoms with Gasteiger partial charge in [-0.2, -0.15) is 5.26 Å². The van der Waals surface area contributed by atoms with Gasteiger partial charge in [-0.3, -0.25) is 0 Å². The van der Waals surface area contributed by atoms with Crippen molar-refractivity contribution in [1.82, 2.24) is 0 Å². The highest BCUT2D eigenvalue weighted by Crippen LogP contribution is 1.99. The minimum absolute atomic E-state index is 0.708. The molecule has 1 nitrogen and oxygen atoms in total. The van der Waals surface area contributed by atoms with Crippen LogP contribution in [0.4, 0.5) is 0 Å². The van der Waals surface area contributed by atoms with Crippen LogP contribution in [0.2, 0.25) is 0 Å². The van der Waals surface area contributed by atoms with Gasteiger partial charge in [-0.15, -0.1) is 0 Å². The van der Waals surface area contributed by atoms with Crippen molar-refractivity contribution in [3.8, 4) is 6.07 Å². The Hall–Kier alpha value is -0.770. The molecule has 0 aliphatic heterocycles. The molecule has 0 aliphatic carbocycles. The van der Waals surface area contributed by atoms with Crippen LogP contribution in [0.3, 0.4) is 0 Å². The normalized spacial score (nSPS) is 10.0. The van der Waals surface area contributed by atoms with Gasteiger partial charge in [0.1, 0.15) is 0 Å². The fraction of sp³-hybridized carbons (Fsp3) is 0.667. The van der Waals surface area contributed by atoms with E-state index in [1.165, 1.54) is 0 Å². The standard InChI is InChI=1S/C9H15N/c1-2-3-4-5-6-7-8-9-10/h3-4H,2,5-8H2,1H3/b4-3-. The highest BCUT2D eigenvalue weighted by Gasteiger charge is 1.82. The van der Waals surface area contributed by atoms with Gasteiger partial charge in [-0.05, 0) is 25.7 Å². The maximum absolute atomic E-state index is 8.20. The quantitative estimate of drug-likeness (QED) is 0.422. The molecule has 0 N–H and O–H groups in total. The Morgan fingerprint density at radius 3 is 2.70 bits per heavy atom. The van der Waals surface area contributed by atoms with Crippen molar-refractivity contribution in [3.63, 3.8) is 0 Å². The minimum atomic E-state index is 0.708. The third-order valence-corrected chi connectivity index (χ3v) is 1.31. The van der Waals surface area contributed by atoms with Crippen molar-refractivity contribution in [3.05, 3.63) is 12.2 Å². The van der Waals surface area contributed by atoms with E-state index >= 15 is 0 Å². The van der Waals surface area contributed by atoms with Crippen molar-refractivity contribution in [2.45, 2.75) is 39.0 Å². The highest BCUT2D eigenvalue weighted by atomic mass is 14.2. The van der Waals surface area contributed by atoms with Gasteiger partial charge in [0.05, 0.1) is 6.07 Å². The molecule has 0 bridgehead atoms. The van der Waals surface area contributed by atoms with E-state index in [2.05, 4.69) is 25.1 Å². The van der Waals surface area contributed by atoms with Gasteiger partial charge >= 0.3 is 0 Å². The largest absolute Gasteiger partial charge is 0.198 e. The molecular formula is C9H15N. The Bertz CT molecular complexity index is 119. The lowest BCUT2D eigenvalue weighted by atomic mass is 10.2. The summed E-state index contributed by atoms with van der Waals surface area (Å²) in [7, 11) is 0. The molecule has 0 radical (unpaired) electrons. The van der Waals surface area contributed by atoms with Crippen LogP contribution in [-0.2, 0) is 0 Å². The van der Waals surface area contributed by atoms with Crippen LogP contribution < -0.4 is 0 Å². The summed E-state index contributed by atoms with van der Waals surface area (Å²) >= 11 is 0. The van der Waals surface area contributed by atoms with Crippen molar-refractivity contribution < 1.29 is 0 Å². The Balaban J connectivity index is 2.92. The fourth-order valence-corrected chi connectivity index (χ4v) is 0.751. The SMILES string of the molecule is CC/C=C\CCCCC#N. The van der Waals surface area contributed by atoms with Gasteiger partial charge < -0.3 is 0 Å². The first-order chi connectivity index (χ1) is 4.91. The Morgan fingerprint density at radius 2 is 2.10 bits per heavy atom. The molecule has 0 aromatic heterocycles.